The van der Waals surface area contributed by atoms with Crippen LogP contribution in [0.15, 0.2) is 42.5 Å². The van der Waals surface area contributed by atoms with Gasteiger partial charge in [-0.1, -0.05) is 36.4 Å². The standard InChI is InChI=1S/C16H17NO4/c1-2-17(15(18)10-21-11-16(19)20)14-9-5-7-12-6-3-4-8-13(12)14/h3-9H,2,10-11H2,1H3,(H,19,20). The SMILES string of the molecule is CCN(C(=O)COCC(=O)O)c1cccc2ccccc12. The summed E-state index contributed by atoms with van der Waals surface area (Å²) in [5.41, 5.74) is 0.805. The first kappa shape index (κ1) is 15.0. The smallest absolute Gasteiger partial charge is 0.329 e. The van der Waals surface area contributed by atoms with Gasteiger partial charge in [-0.05, 0) is 18.4 Å². The van der Waals surface area contributed by atoms with E-state index in [0.29, 0.717) is 6.54 Å². The number of fused-ring (bicyclic) bond motifs is 1. The van der Waals surface area contributed by atoms with Crippen molar-refractivity contribution in [2.24, 2.45) is 0 Å². The van der Waals surface area contributed by atoms with Gasteiger partial charge in [0.2, 0.25) is 0 Å². The lowest BCUT2D eigenvalue weighted by Crippen LogP contribution is -2.34. The van der Waals surface area contributed by atoms with Crippen LogP contribution in [0.4, 0.5) is 5.69 Å². The zero-order valence-electron chi connectivity index (χ0n) is 11.8. The first-order valence-electron chi connectivity index (χ1n) is 6.71. The van der Waals surface area contributed by atoms with Crippen LogP contribution in [0.1, 0.15) is 6.92 Å². The van der Waals surface area contributed by atoms with Crippen LogP contribution in [0.2, 0.25) is 0 Å². The summed E-state index contributed by atoms with van der Waals surface area (Å²) in [5, 5.41) is 10.6. The van der Waals surface area contributed by atoms with E-state index in [1.165, 1.54) is 0 Å². The molecule has 2 aromatic carbocycles. The minimum atomic E-state index is -1.09. The number of aliphatic carboxylic acids is 1. The van der Waals surface area contributed by atoms with Crippen molar-refractivity contribution in [3.05, 3.63) is 42.5 Å². The number of anilines is 1. The first-order chi connectivity index (χ1) is 10.1. The van der Waals surface area contributed by atoms with Crippen molar-refractivity contribution in [2.75, 3.05) is 24.7 Å². The summed E-state index contributed by atoms with van der Waals surface area (Å²) in [6.07, 6.45) is 0. The average Bonchev–Trinajstić information content (AvgIpc) is 2.48. The van der Waals surface area contributed by atoms with E-state index in [4.69, 9.17) is 9.84 Å². The van der Waals surface area contributed by atoms with Gasteiger partial charge < -0.3 is 14.7 Å². The van der Waals surface area contributed by atoms with Crippen LogP contribution < -0.4 is 4.90 Å². The van der Waals surface area contributed by atoms with Crippen molar-refractivity contribution in [3.8, 4) is 0 Å². The Balaban J connectivity index is 2.23. The van der Waals surface area contributed by atoms with Crippen LogP contribution >= 0.6 is 0 Å². The average molecular weight is 287 g/mol. The first-order valence-corrected chi connectivity index (χ1v) is 6.71. The van der Waals surface area contributed by atoms with Crippen molar-refractivity contribution >= 4 is 28.3 Å². The molecule has 0 aliphatic rings. The van der Waals surface area contributed by atoms with E-state index in [0.717, 1.165) is 16.5 Å². The maximum Gasteiger partial charge on any atom is 0.329 e. The van der Waals surface area contributed by atoms with Gasteiger partial charge in [-0.25, -0.2) is 4.79 Å². The number of benzene rings is 2. The van der Waals surface area contributed by atoms with Crippen LogP contribution in [0, 0.1) is 0 Å². The number of ether oxygens (including phenoxy) is 1. The molecule has 0 atom stereocenters. The molecule has 2 aromatic rings. The molecule has 0 radical (unpaired) electrons. The molecule has 110 valence electrons. The fraction of sp³-hybridized carbons (Fsp3) is 0.250. The molecule has 1 N–H and O–H groups in total. The summed E-state index contributed by atoms with van der Waals surface area (Å²) in [5.74, 6) is -1.34. The van der Waals surface area contributed by atoms with Gasteiger partial charge in [-0.3, -0.25) is 4.79 Å². The highest BCUT2D eigenvalue weighted by Gasteiger charge is 2.16. The van der Waals surface area contributed by atoms with Crippen LogP contribution in [-0.4, -0.2) is 36.7 Å². The number of carbonyl (C=O) groups excluding carboxylic acids is 1. The van der Waals surface area contributed by atoms with Crippen LogP contribution in [-0.2, 0) is 14.3 Å². The number of hydrogen-bond acceptors (Lipinski definition) is 3. The van der Waals surface area contributed by atoms with E-state index in [1.807, 2.05) is 49.4 Å². The minimum absolute atomic E-state index is 0.247. The second-order valence-corrected chi connectivity index (χ2v) is 4.52. The zero-order valence-corrected chi connectivity index (χ0v) is 11.8. The zero-order chi connectivity index (χ0) is 15.2. The lowest BCUT2D eigenvalue weighted by Gasteiger charge is -2.22. The lowest BCUT2D eigenvalue weighted by molar-refractivity contribution is -0.143. The van der Waals surface area contributed by atoms with E-state index >= 15 is 0 Å². The number of carboxylic acids is 1. The fourth-order valence-corrected chi connectivity index (χ4v) is 2.23. The van der Waals surface area contributed by atoms with Crippen molar-refractivity contribution in [1.82, 2.24) is 0 Å². The van der Waals surface area contributed by atoms with Crippen LogP contribution in [0.5, 0.6) is 0 Å². The Labute approximate surface area is 122 Å². The third-order valence-electron chi connectivity index (χ3n) is 3.13. The Bertz CT molecular complexity index is 648. The highest BCUT2D eigenvalue weighted by Crippen LogP contribution is 2.26. The van der Waals surface area contributed by atoms with E-state index in [-0.39, 0.29) is 12.5 Å². The van der Waals surface area contributed by atoms with Crippen molar-refractivity contribution < 1.29 is 19.4 Å². The lowest BCUT2D eigenvalue weighted by atomic mass is 10.1. The topological polar surface area (TPSA) is 66.8 Å². The summed E-state index contributed by atoms with van der Waals surface area (Å²) in [6.45, 7) is 1.64. The Morgan fingerprint density at radius 3 is 2.52 bits per heavy atom. The summed E-state index contributed by atoms with van der Waals surface area (Å²) < 4.78 is 4.88. The number of hydrogen-bond donors (Lipinski definition) is 1. The summed E-state index contributed by atoms with van der Waals surface area (Å²) >= 11 is 0. The molecule has 1 amide bonds. The van der Waals surface area contributed by atoms with E-state index in [9.17, 15) is 9.59 Å². The quantitative estimate of drug-likeness (QED) is 0.885. The second-order valence-electron chi connectivity index (χ2n) is 4.52. The van der Waals surface area contributed by atoms with Crippen molar-refractivity contribution in [2.45, 2.75) is 6.92 Å². The van der Waals surface area contributed by atoms with E-state index in [1.54, 1.807) is 4.90 Å². The van der Waals surface area contributed by atoms with Gasteiger partial charge in [0.15, 0.2) is 0 Å². The number of amides is 1. The van der Waals surface area contributed by atoms with Crippen molar-refractivity contribution in [1.29, 1.82) is 0 Å². The number of nitrogens with zero attached hydrogens (tertiary/aromatic N) is 1. The Kier molecular flexibility index (Phi) is 4.90. The highest BCUT2D eigenvalue weighted by atomic mass is 16.5. The molecule has 0 aliphatic carbocycles. The Hall–Kier alpha value is -2.40. The minimum Gasteiger partial charge on any atom is -0.480 e. The second kappa shape index (κ2) is 6.85. The van der Waals surface area contributed by atoms with Crippen molar-refractivity contribution in [3.63, 3.8) is 0 Å². The van der Waals surface area contributed by atoms with Gasteiger partial charge in [0.25, 0.3) is 5.91 Å². The third-order valence-corrected chi connectivity index (χ3v) is 3.13. The molecule has 0 saturated carbocycles. The monoisotopic (exact) mass is 287 g/mol. The predicted molar refractivity (Wildman–Crippen MR) is 80.4 cm³/mol. The van der Waals surface area contributed by atoms with Crippen LogP contribution in [0.25, 0.3) is 10.8 Å². The number of carboxylic acid groups (broad SMARTS) is 1. The van der Waals surface area contributed by atoms with Gasteiger partial charge >= 0.3 is 5.97 Å². The molecule has 21 heavy (non-hydrogen) atoms. The van der Waals surface area contributed by atoms with Gasteiger partial charge in [0.05, 0.1) is 5.69 Å². The van der Waals surface area contributed by atoms with Crippen LogP contribution in [0.3, 0.4) is 0 Å². The number of carbonyl (C=O) groups is 2. The van der Waals surface area contributed by atoms with E-state index < -0.39 is 12.6 Å². The summed E-state index contributed by atoms with van der Waals surface area (Å²) in [6, 6.07) is 13.6. The molecule has 0 unspecified atom stereocenters. The van der Waals surface area contributed by atoms with Gasteiger partial charge in [-0.15, -0.1) is 0 Å². The normalized spacial score (nSPS) is 10.5. The highest BCUT2D eigenvalue weighted by molar-refractivity contribution is 6.04. The molecular weight excluding hydrogens is 270 g/mol. The molecule has 0 aromatic heterocycles. The molecular formula is C16H17NO4. The fourth-order valence-electron chi connectivity index (χ4n) is 2.23. The Morgan fingerprint density at radius 1 is 1.10 bits per heavy atom. The van der Waals surface area contributed by atoms with Gasteiger partial charge in [0.1, 0.15) is 13.2 Å². The third kappa shape index (κ3) is 3.58. The van der Waals surface area contributed by atoms with E-state index in [2.05, 4.69) is 0 Å². The van der Waals surface area contributed by atoms with Gasteiger partial charge in [0, 0.05) is 11.9 Å². The maximum atomic E-state index is 12.2. The van der Waals surface area contributed by atoms with Gasteiger partial charge in [-0.2, -0.15) is 0 Å². The molecule has 2 rings (SSSR count). The maximum absolute atomic E-state index is 12.2. The number of likely N-dealkylation sites (N-methyl/N-ethyl adjacent to an activating group) is 1. The molecule has 0 aliphatic heterocycles. The summed E-state index contributed by atoms with van der Waals surface area (Å²) in [7, 11) is 0. The molecule has 5 heteroatoms. The predicted octanol–water partition coefficient (Wildman–Crippen LogP) is 2.29. The number of rotatable bonds is 6. The molecule has 0 spiro atoms. The molecule has 0 saturated heterocycles. The Morgan fingerprint density at radius 2 is 1.81 bits per heavy atom. The molecule has 0 bridgehead atoms. The largest absolute Gasteiger partial charge is 0.480 e. The summed E-state index contributed by atoms with van der Waals surface area (Å²) in [4.78, 5) is 24.2. The molecule has 0 heterocycles. The molecule has 5 nitrogen and oxygen atoms in total. The molecule has 0 fully saturated rings.